The van der Waals surface area contributed by atoms with E-state index in [1.165, 1.54) is 36.4 Å². The number of phenols is 4. The lowest BCUT2D eigenvalue weighted by molar-refractivity contribution is -0.142. The minimum atomic E-state index is -1.28. The fourth-order valence-corrected chi connectivity index (χ4v) is 2.99. The normalized spacial score (nSPS) is 13.2. The van der Waals surface area contributed by atoms with Crippen LogP contribution in [0.5, 0.6) is 23.0 Å². The van der Waals surface area contributed by atoms with Gasteiger partial charge >= 0.3 is 11.9 Å². The van der Waals surface area contributed by atoms with Gasteiger partial charge in [0.05, 0.1) is 13.2 Å². The molecule has 2 aromatic carbocycles. The Labute approximate surface area is 232 Å². The molecule has 4 atom stereocenters. The van der Waals surface area contributed by atoms with Gasteiger partial charge in [0.15, 0.2) is 23.0 Å². The van der Waals surface area contributed by atoms with Crippen molar-refractivity contribution in [2.75, 3.05) is 13.2 Å². The highest BCUT2D eigenvalue weighted by Gasteiger charge is 2.24. The van der Waals surface area contributed by atoms with Gasteiger partial charge in [-0.25, -0.2) is 9.59 Å². The quantitative estimate of drug-likeness (QED) is 0.106. The maximum absolute atomic E-state index is 11.5. The standard InChI is InChI=1S/2C12H16N2O6.H2O/c2*13-7(5-15)11(18)14-8(12(19)20)3-6-1-2-9(16)10(17)4-6;/h2*1-2,4,7-8,15-17H,3,5,13H2,(H,14,18)(H,19,20);1H2/t2*7-,8-;/m00./s1. The number of carbonyl (C=O) groups excluding carboxylic acids is 2. The van der Waals surface area contributed by atoms with Crippen molar-refractivity contribution < 1.29 is 65.5 Å². The average Bonchev–Trinajstić information content (AvgIpc) is 2.90. The molecule has 0 bridgehead atoms. The Bertz CT molecular complexity index is 1100. The van der Waals surface area contributed by atoms with Crippen LogP contribution in [0.3, 0.4) is 0 Å². The van der Waals surface area contributed by atoms with Gasteiger partial charge in [-0.15, -0.1) is 0 Å². The number of carboxylic acid groups (broad SMARTS) is 2. The van der Waals surface area contributed by atoms with E-state index in [1.54, 1.807) is 0 Å². The summed E-state index contributed by atoms with van der Waals surface area (Å²) in [7, 11) is 0. The van der Waals surface area contributed by atoms with E-state index in [-0.39, 0.29) is 41.3 Å². The predicted molar refractivity (Wildman–Crippen MR) is 140 cm³/mol. The van der Waals surface area contributed by atoms with Crippen LogP contribution in [-0.2, 0) is 32.0 Å². The monoisotopic (exact) mass is 586 g/mol. The number of carboxylic acids is 2. The summed E-state index contributed by atoms with van der Waals surface area (Å²) >= 11 is 0. The van der Waals surface area contributed by atoms with Crippen LogP contribution in [0.25, 0.3) is 0 Å². The lowest BCUT2D eigenvalue weighted by Gasteiger charge is -2.17. The van der Waals surface area contributed by atoms with Gasteiger partial charge in [-0.2, -0.15) is 0 Å². The minimum absolute atomic E-state index is 0. The molecule has 17 heteroatoms. The number of nitrogens with two attached hydrogens (primary N) is 2. The first-order valence-electron chi connectivity index (χ1n) is 11.5. The van der Waals surface area contributed by atoms with Gasteiger partial charge in [-0.3, -0.25) is 9.59 Å². The highest BCUT2D eigenvalue weighted by molar-refractivity contribution is 5.87. The number of aromatic hydroxyl groups is 4. The molecule has 0 fully saturated rings. The van der Waals surface area contributed by atoms with Crippen molar-refractivity contribution in [3.05, 3.63) is 47.5 Å². The molecule has 41 heavy (non-hydrogen) atoms. The number of aliphatic hydroxyl groups excluding tert-OH is 2. The van der Waals surface area contributed by atoms with Crippen LogP contribution in [0.2, 0.25) is 0 Å². The van der Waals surface area contributed by atoms with Crippen molar-refractivity contribution in [2.24, 2.45) is 11.5 Å². The maximum atomic E-state index is 11.5. The number of amides is 2. The van der Waals surface area contributed by atoms with Crippen LogP contribution in [-0.4, -0.2) is 107 Å². The van der Waals surface area contributed by atoms with Crippen molar-refractivity contribution >= 4 is 23.8 Å². The molecule has 2 aromatic rings. The zero-order valence-corrected chi connectivity index (χ0v) is 21.5. The average molecular weight is 587 g/mol. The summed E-state index contributed by atoms with van der Waals surface area (Å²) in [5.74, 6) is -5.56. The summed E-state index contributed by atoms with van der Waals surface area (Å²) in [4.78, 5) is 45.0. The molecule has 16 N–H and O–H groups in total. The second-order valence-electron chi connectivity index (χ2n) is 8.43. The number of phenolic OH excluding ortho intramolecular Hbond substituents is 4. The summed E-state index contributed by atoms with van der Waals surface area (Å²) in [6.45, 7) is -1.20. The Hall–Kier alpha value is -4.68. The lowest BCUT2D eigenvalue weighted by atomic mass is 10.0. The molecule has 0 aliphatic rings. The number of aliphatic carboxylic acids is 2. The third kappa shape index (κ3) is 11.9. The molecular weight excluding hydrogens is 552 g/mol. The van der Waals surface area contributed by atoms with Crippen LogP contribution in [0.1, 0.15) is 11.1 Å². The number of rotatable bonds is 12. The van der Waals surface area contributed by atoms with Crippen molar-refractivity contribution in [3.63, 3.8) is 0 Å². The second kappa shape index (κ2) is 17.1. The molecule has 0 heterocycles. The number of hydrogen-bond donors (Lipinski definition) is 12. The van der Waals surface area contributed by atoms with Gasteiger partial charge in [0.1, 0.15) is 24.2 Å². The van der Waals surface area contributed by atoms with Crippen molar-refractivity contribution in [1.29, 1.82) is 0 Å². The Kier molecular flexibility index (Phi) is 15.2. The highest BCUT2D eigenvalue weighted by atomic mass is 16.4. The van der Waals surface area contributed by atoms with Crippen LogP contribution in [0, 0.1) is 0 Å². The number of benzene rings is 2. The predicted octanol–water partition coefficient (Wildman–Crippen LogP) is -3.77. The number of carbonyl (C=O) groups is 4. The SMILES string of the molecule is N[C@@H](CO)C(=O)N[C@@H](Cc1ccc(O)c(O)c1)C(=O)O.N[C@@H](CO)C(=O)N[C@@H](Cc1ccc(O)c(O)c1)C(=O)O.O. The van der Waals surface area contributed by atoms with Gasteiger partial charge in [-0.1, -0.05) is 12.1 Å². The first-order valence-corrected chi connectivity index (χ1v) is 11.5. The minimum Gasteiger partial charge on any atom is -0.504 e. The maximum Gasteiger partial charge on any atom is 0.326 e. The van der Waals surface area contributed by atoms with Gasteiger partial charge in [0, 0.05) is 12.8 Å². The number of nitrogens with one attached hydrogen (secondary N) is 2. The molecule has 0 saturated carbocycles. The van der Waals surface area contributed by atoms with Crippen molar-refractivity contribution in [2.45, 2.75) is 37.0 Å². The Morgan fingerprint density at radius 3 is 1.20 bits per heavy atom. The molecule has 0 radical (unpaired) electrons. The third-order valence-electron chi connectivity index (χ3n) is 5.26. The highest BCUT2D eigenvalue weighted by Crippen LogP contribution is 2.26. The molecule has 17 nitrogen and oxygen atoms in total. The third-order valence-corrected chi connectivity index (χ3v) is 5.26. The second-order valence-corrected chi connectivity index (χ2v) is 8.43. The molecule has 2 rings (SSSR count). The largest absolute Gasteiger partial charge is 0.504 e. The van der Waals surface area contributed by atoms with E-state index in [4.69, 9.17) is 42.1 Å². The summed E-state index contributed by atoms with van der Waals surface area (Å²) in [6, 6.07) is 2.73. The first-order chi connectivity index (χ1) is 18.7. The van der Waals surface area contributed by atoms with Gasteiger partial charge < -0.3 is 68.4 Å². The van der Waals surface area contributed by atoms with Crippen LogP contribution in [0.4, 0.5) is 0 Å². The van der Waals surface area contributed by atoms with Gasteiger partial charge in [0.25, 0.3) is 0 Å². The lowest BCUT2D eigenvalue weighted by Crippen LogP contribution is -2.50. The van der Waals surface area contributed by atoms with Gasteiger partial charge in [0.2, 0.25) is 11.8 Å². The summed E-state index contributed by atoms with van der Waals surface area (Å²) in [6.07, 6.45) is -0.208. The van der Waals surface area contributed by atoms with Crippen LogP contribution >= 0.6 is 0 Å². The van der Waals surface area contributed by atoms with E-state index in [0.29, 0.717) is 11.1 Å². The molecular formula is C24H34N4O13. The molecule has 228 valence electrons. The topological polar surface area (TPSA) is 338 Å². The zero-order chi connectivity index (χ0) is 30.6. The molecule has 0 saturated heterocycles. The zero-order valence-electron chi connectivity index (χ0n) is 21.5. The fourth-order valence-electron chi connectivity index (χ4n) is 2.99. The number of hydrogen-bond acceptors (Lipinski definition) is 12. The van der Waals surface area contributed by atoms with Crippen molar-refractivity contribution in [1.82, 2.24) is 10.6 Å². The summed E-state index contributed by atoms with van der Waals surface area (Å²) in [5.41, 5.74) is 11.4. The fraction of sp³-hybridized carbons (Fsp3) is 0.333. The molecule has 0 aromatic heterocycles. The molecule has 0 aliphatic carbocycles. The smallest absolute Gasteiger partial charge is 0.326 e. The molecule has 0 aliphatic heterocycles. The molecule has 2 amide bonds. The summed E-state index contributed by atoms with van der Waals surface area (Å²) in [5, 5.41) is 76.8. The van der Waals surface area contributed by atoms with E-state index < -0.39 is 61.1 Å². The van der Waals surface area contributed by atoms with Crippen molar-refractivity contribution in [3.8, 4) is 23.0 Å². The van der Waals surface area contributed by atoms with E-state index >= 15 is 0 Å². The molecule has 0 spiro atoms. The van der Waals surface area contributed by atoms with Crippen LogP contribution in [0.15, 0.2) is 36.4 Å². The van der Waals surface area contributed by atoms with E-state index in [9.17, 15) is 29.4 Å². The summed E-state index contributed by atoms with van der Waals surface area (Å²) < 4.78 is 0. The first kappa shape index (κ1) is 36.3. The number of aliphatic hydroxyl groups is 2. The van der Waals surface area contributed by atoms with E-state index in [1.807, 2.05) is 0 Å². The Morgan fingerprint density at radius 2 is 0.951 bits per heavy atom. The molecule has 0 unspecified atom stereocenters. The van der Waals surface area contributed by atoms with Crippen LogP contribution < -0.4 is 22.1 Å². The Balaban J connectivity index is 0.000000762. The van der Waals surface area contributed by atoms with Gasteiger partial charge in [-0.05, 0) is 35.4 Å². The van der Waals surface area contributed by atoms with E-state index in [2.05, 4.69) is 10.6 Å². The Morgan fingerprint density at radius 1 is 0.634 bits per heavy atom. The van der Waals surface area contributed by atoms with E-state index in [0.717, 1.165) is 0 Å².